The van der Waals surface area contributed by atoms with Gasteiger partial charge >= 0.3 is 0 Å². The van der Waals surface area contributed by atoms with Crippen LogP contribution in [0, 0.1) is 6.92 Å². The third-order valence-corrected chi connectivity index (χ3v) is 5.55. The number of nitrogens with two attached hydrogens (primary N) is 1. The average Bonchev–Trinajstić information content (AvgIpc) is 3.13. The number of primary amides is 1. The van der Waals surface area contributed by atoms with Crippen molar-refractivity contribution < 1.29 is 9.53 Å². The molecule has 2 aliphatic rings. The molecule has 1 aromatic heterocycles. The van der Waals surface area contributed by atoms with Gasteiger partial charge in [-0.25, -0.2) is 4.99 Å². The lowest BCUT2D eigenvalue weighted by molar-refractivity contribution is 0.100. The first kappa shape index (κ1) is 19.3. The van der Waals surface area contributed by atoms with Gasteiger partial charge in [-0.15, -0.1) is 0 Å². The predicted molar refractivity (Wildman–Crippen MR) is 121 cm³/mol. The molecule has 0 radical (unpaired) electrons. The van der Waals surface area contributed by atoms with Crippen LogP contribution in [0.5, 0.6) is 0 Å². The number of aryl methyl sites for hydroxylation is 1. The monoisotopic (exact) mass is 413 g/mol. The first-order valence-corrected chi connectivity index (χ1v) is 10.3. The lowest BCUT2D eigenvalue weighted by Gasteiger charge is -2.27. The molecule has 2 aliphatic heterocycles. The first-order valence-electron chi connectivity index (χ1n) is 10.3. The number of aliphatic imine (C=N–C) groups is 2. The van der Waals surface area contributed by atoms with Crippen molar-refractivity contribution in [3.8, 4) is 0 Å². The molecule has 0 fully saturated rings. The summed E-state index contributed by atoms with van der Waals surface area (Å²) < 4.78 is 7.82. The highest BCUT2D eigenvalue weighted by Crippen LogP contribution is 2.26. The van der Waals surface area contributed by atoms with Gasteiger partial charge in [-0.2, -0.15) is 4.99 Å². The van der Waals surface area contributed by atoms with Gasteiger partial charge in [-0.1, -0.05) is 42.5 Å². The van der Waals surface area contributed by atoms with Gasteiger partial charge in [0.15, 0.2) is 0 Å². The van der Waals surface area contributed by atoms with E-state index in [1.54, 1.807) is 6.07 Å². The van der Waals surface area contributed by atoms with Gasteiger partial charge < -0.3 is 10.5 Å². The molecule has 1 amide bonds. The Morgan fingerprint density at radius 2 is 2.06 bits per heavy atom. The summed E-state index contributed by atoms with van der Waals surface area (Å²) in [6.07, 6.45) is 2.69. The van der Waals surface area contributed by atoms with Gasteiger partial charge in [0.05, 0.1) is 12.1 Å². The van der Waals surface area contributed by atoms with Crippen LogP contribution in [0.3, 0.4) is 0 Å². The van der Waals surface area contributed by atoms with E-state index in [4.69, 9.17) is 20.5 Å². The van der Waals surface area contributed by atoms with E-state index in [9.17, 15) is 4.79 Å². The van der Waals surface area contributed by atoms with Crippen molar-refractivity contribution in [1.82, 2.24) is 9.88 Å². The molecule has 0 aliphatic carbocycles. The molecule has 0 saturated heterocycles. The van der Waals surface area contributed by atoms with Crippen LogP contribution in [0.1, 0.15) is 28.0 Å². The molecule has 31 heavy (non-hydrogen) atoms. The Balaban J connectivity index is 1.57. The number of benzene rings is 2. The zero-order valence-electron chi connectivity index (χ0n) is 17.2. The maximum absolute atomic E-state index is 11.9. The number of fused-ring (bicyclic) bond motifs is 2. The Kier molecular flexibility index (Phi) is 4.88. The van der Waals surface area contributed by atoms with Crippen molar-refractivity contribution in [3.63, 3.8) is 0 Å². The number of nitrogens with one attached hydrogen (secondary N) is 1. The van der Waals surface area contributed by atoms with E-state index < -0.39 is 5.91 Å². The highest BCUT2D eigenvalue weighted by atomic mass is 16.5. The summed E-state index contributed by atoms with van der Waals surface area (Å²) in [4.78, 5) is 21.5. The van der Waals surface area contributed by atoms with Gasteiger partial charge in [0.25, 0.3) is 0 Å². The number of hydrogen-bond donors (Lipinski definition) is 2. The minimum atomic E-state index is -0.456. The average molecular weight is 413 g/mol. The molecule has 1 atom stereocenters. The van der Waals surface area contributed by atoms with Crippen molar-refractivity contribution in [2.24, 2.45) is 15.7 Å². The SMILES string of the molecule is Cc1cc2c(C(N)=O)cccc2n1C1=NC(NCc2ccccc2)C2=CCCOC2=N1. The molecule has 1 unspecified atom stereocenters. The Labute approximate surface area is 179 Å². The van der Waals surface area contributed by atoms with Crippen molar-refractivity contribution in [2.45, 2.75) is 26.1 Å². The molecule has 2 aromatic carbocycles. The number of amides is 1. The van der Waals surface area contributed by atoms with E-state index in [1.807, 2.05) is 47.9 Å². The van der Waals surface area contributed by atoms with E-state index in [-0.39, 0.29) is 6.17 Å². The lowest BCUT2D eigenvalue weighted by Crippen LogP contribution is -2.39. The van der Waals surface area contributed by atoms with Crippen LogP contribution >= 0.6 is 0 Å². The van der Waals surface area contributed by atoms with Crippen LogP contribution in [0.4, 0.5) is 0 Å². The molecule has 0 saturated carbocycles. The van der Waals surface area contributed by atoms with Crippen LogP contribution in [0.15, 0.2) is 76.2 Å². The fraction of sp³-hybridized carbons (Fsp3) is 0.208. The molecule has 3 N–H and O–H groups in total. The van der Waals surface area contributed by atoms with Crippen molar-refractivity contribution in [2.75, 3.05) is 6.61 Å². The molecule has 5 rings (SSSR count). The largest absolute Gasteiger partial charge is 0.477 e. The minimum Gasteiger partial charge on any atom is -0.477 e. The molecule has 7 nitrogen and oxygen atoms in total. The normalized spacial score (nSPS) is 18.0. The number of rotatable bonds is 4. The maximum atomic E-state index is 11.9. The third kappa shape index (κ3) is 3.53. The van der Waals surface area contributed by atoms with Crippen molar-refractivity contribution in [3.05, 3.63) is 83.1 Å². The van der Waals surface area contributed by atoms with Gasteiger partial charge in [0, 0.05) is 35.2 Å². The van der Waals surface area contributed by atoms with Crippen LogP contribution in [0.2, 0.25) is 0 Å². The second-order valence-electron chi connectivity index (χ2n) is 7.64. The molecule has 0 spiro atoms. The maximum Gasteiger partial charge on any atom is 0.249 e. The number of nitrogens with zero attached hydrogens (tertiary/aromatic N) is 3. The summed E-state index contributed by atoms with van der Waals surface area (Å²) in [5, 5.41) is 4.31. The third-order valence-electron chi connectivity index (χ3n) is 5.55. The summed E-state index contributed by atoms with van der Waals surface area (Å²) in [6.45, 7) is 3.23. The zero-order chi connectivity index (χ0) is 21.4. The van der Waals surface area contributed by atoms with Crippen LogP contribution in [-0.4, -0.2) is 35.1 Å². The van der Waals surface area contributed by atoms with Gasteiger partial charge in [-0.3, -0.25) is 14.7 Å². The molecule has 156 valence electrons. The van der Waals surface area contributed by atoms with Crippen LogP contribution in [-0.2, 0) is 11.3 Å². The molecular weight excluding hydrogens is 390 g/mol. The van der Waals surface area contributed by atoms with Crippen LogP contribution < -0.4 is 11.1 Å². The fourth-order valence-electron chi connectivity index (χ4n) is 4.09. The number of hydrogen-bond acceptors (Lipinski definition) is 5. The van der Waals surface area contributed by atoms with Gasteiger partial charge in [0.2, 0.25) is 17.8 Å². The lowest BCUT2D eigenvalue weighted by atomic mass is 10.1. The predicted octanol–water partition coefficient (Wildman–Crippen LogP) is 3.13. The minimum absolute atomic E-state index is 0.279. The summed E-state index contributed by atoms with van der Waals surface area (Å²) in [7, 11) is 0. The summed E-state index contributed by atoms with van der Waals surface area (Å²) in [5.74, 6) is 0.658. The number of ether oxygens (including phenoxy) is 1. The molecule has 0 bridgehead atoms. The highest BCUT2D eigenvalue weighted by Gasteiger charge is 2.29. The topological polar surface area (TPSA) is 94.0 Å². The summed E-state index contributed by atoms with van der Waals surface area (Å²) in [5.41, 5.74) is 9.94. The Morgan fingerprint density at radius 3 is 2.87 bits per heavy atom. The number of aromatic nitrogens is 1. The Morgan fingerprint density at radius 1 is 1.23 bits per heavy atom. The number of carbonyl (C=O) groups is 1. The van der Waals surface area contributed by atoms with Gasteiger partial charge in [-0.05, 0) is 30.7 Å². The first-order chi connectivity index (χ1) is 15.1. The van der Waals surface area contributed by atoms with E-state index in [0.717, 1.165) is 28.6 Å². The van der Waals surface area contributed by atoms with E-state index in [1.165, 1.54) is 5.56 Å². The van der Waals surface area contributed by atoms with Crippen molar-refractivity contribution >= 4 is 28.7 Å². The van der Waals surface area contributed by atoms with Gasteiger partial charge in [0.1, 0.15) is 6.17 Å². The molecular formula is C24H23N5O2. The quantitative estimate of drug-likeness (QED) is 0.688. The molecule has 3 heterocycles. The smallest absolute Gasteiger partial charge is 0.249 e. The Hall–Kier alpha value is -3.71. The molecule has 7 heteroatoms. The molecule has 3 aromatic rings. The van der Waals surface area contributed by atoms with Crippen LogP contribution in [0.25, 0.3) is 10.9 Å². The second kappa shape index (κ2) is 7.85. The van der Waals surface area contributed by atoms with Crippen molar-refractivity contribution in [1.29, 1.82) is 0 Å². The Bertz CT molecular complexity index is 1250. The second-order valence-corrected chi connectivity index (χ2v) is 7.64. The standard InChI is InChI=1S/C24H23N5O2/c1-15-13-19-17(21(25)30)9-5-11-20(19)29(15)24-27-22(18-10-6-12-31-23(18)28-24)26-14-16-7-3-2-4-8-16/h2-5,7-11,13,22,26H,6,12,14H2,1H3,(H2,25,30). The zero-order valence-corrected chi connectivity index (χ0v) is 17.2. The summed E-state index contributed by atoms with van der Waals surface area (Å²) >= 11 is 0. The van der Waals surface area contributed by atoms with E-state index in [2.05, 4.69) is 23.5 Å². The summed E-state index contributed by atoms with van der Waals surface area (Å²) in [6, 6.07) is 17.6. The fourth-order valence-corrected chi connectivity index (χ4v) is 4.09. The highest BCUT2D eigenvalue weighted by molar-refractivity contribution is 6.11. The van der Waals surface area contributed by atoms with E-state index in [0.29, 0.717) is 30.6 Å². The van der Waals surface area contributed by atoms with E-state index >= 15 is 0 Å². The number of carbonyl (C=O) groups excluding carboxylic acids is 1.